The molecule has 0 radical (unpaired) electrons. The Balaban J connectivity index is 1.71. The van der Waals surface area contributed by atoms with Crippen LogP contribution in [-0.2, 0) is 0 Å². The van der Waals surface area contributed by atoms with Crippen molar-refractivity contribution >= 4 is 22.7 Å². The second-order valence-corrected chi connectivity index (χ2v) is 6.18. The SMILES string of the molecule is CC1CCCCN1CCNc1cc(C(=O)O)c2ccccc2n1. The second-order valence-electron chi connectivity index (χ2n) is 6.18. The van der Waals surface area contributed by atoms with Crippen molar-refractivity contribution in [3.8, 4) is 0 Å². The number of carboxylic acid groups (broad SMARTS) is 1. The number of aromatic carboxylic acids is 1. The van der Waals surface area contributed by atoms with Crippen molar-refractivity contribution in [3.05, 3.63) is 35.9 Å². The topological polar surface area (TPSA) is 65.5 Å². The molecule has 1 aromatic heterocycles. The first-order chi connectivity index (χ1) is 11.1. The Morgan fingerprint density at radius 2 is 2.22 bits per heavy atom. The van der Waals surface area contributed by atoms with Crippen LogP contribution in [0.25, 0.3) is 10.9 Å². The fourth-order valence-corrected chi connectivity index (χ4v) is 3.26. The van der Waals surface area contributed by atoms with Crippen molar-refractivity contribution in [2.24, 2.45) is 0 Å². The van der Waals surface area contributed by atoms with Crippen LogP contribution >= 0.6 is 0 Å². The van der Waals surface area contributed by atoms with E-state index in [1.54, 1.807) is 12.1 Å². The fraction of sp³-hybridized carbons (Fsp3) is 0.444. The molecule has 122 valence electrons. The van der Waals surface area contributed by atoms with E-state index in [2.05, 4.69) is 22.1 Å². The Hall–Kier alpha value is -2.14. The van der Waals surface area contributed by atoms with E-state index in [1.807, 2.05) is 18.2 Å². The van der Waals surface area contributed by atoms with E-state index in [4.69, 9.17) is 0 Å². The summed E-state index contributed by atoms with van der Waals surface area (Å²) in [5.41, 5.74) is 1.01. The maximum absolute atomic E-state index is 11.5. The van der Waals surface area contributed by atoms with Crippen LogP contribution in [-0.4, -0.2) is 46.6 Å². The Bertz CT molecular complexity index is 702. The zero-order valence-electron chi connectivity index (χ0n) is 13.5. The molecule has 2 heterocycles. The number of carbonyl (C=O) groups is 1. The van der Waals surface area contributed by atoms with Gasteiger partial charge in [-0.15, -0.1) is 0 Å². The van der Waals surface area contributed by atoms with Crippen molar-refractivity contribution in [2.75, 3.05) is 25.0 Å². The van der Waals surface area contributed by atoms with Crippen LogP contribution in [0.2, 0.25) is 0 Å². The van der Waals surface area contributed by atoms with Gasteiger partial charge in [0, 0.05) is 24.5 Å². The predicted molar refractivity (Wildman–Crippen MR) is 92.1 cm³/mol. The first kappa shape index (κ1) is 15.7. The van der Waals surface area contributed by atoms with Crippen LogP contribution in [0.5, 0.6) is 0 Å². The third-order valence-corrected chi connectivity index (χ3v) is 4.59. The number of para-hydroxylation sites is 1. The molecule has 1 saturated heterocycles. The minimum Gasteiger partial charge on any atom is -0.478 e. The highest BCUT2D eigenvalue weighted by molar-refractivity contribution is 6.03. The number of pyridine rings is 1. The lowest BCUT2D eigenvalue weighted by Crippen LogP contribution is -2.40. The number of piperidine rings is 1. The number of anilines is 1. The molecule has 1 aliphatic rings. The van der Waals surface area contributed by atoms with E-state index >= 15 is 0 Å². The summed E-state index contributed by atoms with van der Waals surface area (Å²) < 4.78 is 0. The monoisotopic (exact) mass is 313 g/mol. The third kappa shape index (κ3) is 3.62. The molecular weight excluding hydrogens is 290 g/mol. The average molecular weight is 313 g/mol. The van der Waals surface area contributed by atoms with Gasteiger partial charge in [0.2, 0.25) is 0 Å². The zero-order valence-corrected chi connectivity index (χ0v) is 13.5. The highest BCUT2D eigenvalue weighted by Gasteiger charge is 2.17. The molecule has 1 aromatic carbocycles. The number of likely N-dealkylation sites (tertiary alicyclic amines) is 1. The first-order valence-electron chi connectivity index (χ1n) is 8.26. The van der Waals surface area contributed by atoms with Gasteiger partial charge >= 0.3 is 5.97 Å². The normalized spacial score (nSPS) is 18.9. The number of hydrogen-bond acceptors (Lipinski definition) is 4. The van der Waals surface area contributed by atoms with Gasteiger partial charge in [0.15, 0.2) is 0 Å². The summed E-state index contributed by atoms with van der Waals surface area (Å²) >= 11 is 0. The summed E-state index contributed by atoms with van der Waals surface area (Å²) in [4.78, 5) is 18.5. The van der Waals surface area contributed by atoms with Crippen molar-refractivity contribution < 1.29 is 9.90 Å². The van der Waals surface area contributed by atoms with Crippen molar-refractivity contribution in [2.45, 2.75) is 32.2 Å². The largest absolute Gasteiger partial charge is 0.478 e. The lowest BCUT2D eigenvalue weighted by molar-refractivity contribution is 0.0699. The molecular formula is C18H23N3O2. The first-order valence-corrected chi connectivity index (χ1v) is 8.26. The smallest absolute Gasteiger partial charge is 0.336 e. The van der Waals surface area contributed by atoms with E-state index in [-0.39, 0.29) is 0 Å². The standard InChI is InChI=1S/C18H23N3O2/c1-13-6-4-5-10-21(13)11-9-19-17-12-15(18(22)23)14-7-2-3-8-16(14)20-17/h2-3,7-8,12-13H,4-6,9-11H2,1H3,(H,19,20)(H,22,23). The molecule has 0 amide bonds. The summed E-state index contributed by atoms with van der Waals surface area (Å²) in [6.45, 7) is 5.15. The molecule has 0 spiro atoms. The van der Waals surface area contributed by atoms with Crippen molar-refractivity contribution in [1.29, 1.82) is 0 Å². The zero-order chi connectivity index (χ0) is 16.2. The number of fused-ring (bicyclic) bond motifs is 1. The molecule has 0 aliphatic carbocycles. The summed E-state index contributed by atoms with van der Waals surface area (Å²) in [5, 5.41) is 13.4. The van der Waals surface area contributed by atoms with Gasteiger partial charge in [0.05, 0.1) is 11.1 Å². The van der Waals surface area contributed by atoms with E-state index in [0.29, 0.717) is 28.3 Å². The van der Waals surface area contributed by atoms with Gasteiger partial charge in [0.25, 0.3) is 0 Å². The number of carboxylic acids is 1. The average Bonchev–Trinajstić information content (AvgIpc) is 2.56. The molecule has 3 rings (SSSR count). The number of nitrogens with one attached hydrogen (secondary N) is 1. The van der Waals surface area contributed by atoms with Gasteiger partial charge in [-0.3, -0.25) is 4.90 Å². The minimum absolute atomic E-state index is 0.296. The van der Waals surface area contributed by atoms with Crippen LogP contribution in [0.4, 0.5) is 5.82 Å². The number of benzene rings is 1. The van der Waals surface area contributed by atoms with Crippen LogP contribution in [0.15, 0.2) is 30.3 Å². The van der Waals surface area contributed by atoms with Gasteiger partial charge in [0.1, 0.15) is 5.82 Å². The van der Waals surface area contributed by atoms with E-state index in [0.717, 1.165) is 19.6 Å². The molecule has 5 heteroatoms. The number of rotatable bonds is 5. The Morgan fingerprint density at radius 1 is 1.39 bits per heavy atom. The molecule has 23 heavy (non-hydrogen) atoms. The van der Waals surface area contributed by atoms with Crippen molar-refractivity contribution in [1.82, 2.24) is 9.88 Å². The minimum atomic E-state index is -0.920. The maximum Gasteiger partial charge on any atom is 0.336 e. The maximum atomic E-state index is 11.5. The number of nitrogens with zero attached hydrogens (tertiary/aromatic N) is 2. The molecule has 0 bridgehead atoms. The van der Waals surface area contributed by atoms with E-state index in [1.165, 1.54) is 19.3 Å². The van der Waals surface area contributed by atoms with Gasteiger partial charge in [-0.05, 0) is 38.4 Å². The summed E-state index contributed by atoms with van der Waals surface area (Å²) in [6.07, 6.45) is 3.85. The Morgan fingerprint density at radius 3 is 3.00 bits per heavy atom. The van der Waals surface area contributed by atoms with E-state index < -0.39 is 5.97 Å². The van der Waals surface area contributed by atoms with Crippen LogP contribution in [0, 0.1) is 0 Å². The molecule has 1 atom stereocenters. The highest BCUT2D eigenvalue weighted by atomic mass is 16.4. The van der Waals surface area contributed by atoms with Crippen LogP contribution in [0.3, 0.4) is 0 Å². The summed E-state index contributed by atoms with van der Waals surface area (Å²) in [5.74, 6) is -0.290. The molecule has 5 nitrogen and oxygen atoms in total. The number of hydrogen-bond donors (Lipinski definition) is 2. The quantitative estimate of drug-likeness (QED) is 0.887. The molecule has 2 aromatic rings. The molecule has 1 aliphatic heterocycles. The number of aromatic nitrogens is 1. The molecule has 1 fully saturated rings. The van der Waals surface area contributed by atoms with Gasteiger partial charge in [-0.25, -0.2) is 9.78 Å². The second kappa shape index (κ2) is 6.96. The van der Waals surface area contributed by atoms with Gasteiger partial charge in [-0.2, -0.15) is 0 Å². The molecule has 2 N–H and O–H groups in total. The van der Waals surface area contributed by atoms with E-state index in [9.17, 15) is 9.90 Å². The lowest BCUT2D eigenvalue weighted by atomic mass is 10.0. The van der Waals surface area contributed by atoms with Gasteiger partial charge in [-0.1, -0.05) is 24.6 Å². The lowest BCUT2D eigenvalue weighted by Gasteiger charge is -2.33. The van der Waals surface area contributed by atoms with Crippen LogP contribution in [0.1, 0.15) is 36.5 Å². The summed E-state index contributed by atoms with van der Waals surface area (Å²) in [6, 6.07) is 9.61. The Labute approximate surface area is 136 Å². The highest BCUT2D eigenvalue weighted by Crippen LogP contribution is 2.21. The molecule has 0 saturated carbocycles. The van der Waals surface area contributed by atoms with Crippen LogP contribution < -0.4 is 5.32 Å². The summed E-state index contributed by atoms with van der Waals surface area (Å²) in [7, 11) is 0. The Kier molecular flexibility index (Phi) is 4.76. The van der Waals surface area contributed by atoms with Crippen molar-refractivity contribution in [3.63, 3.8) is 0 Å². The fourth-order valence-electron chi connectivity index (χ4n) is 3.26. The third-order valence-electron chi connectivity index (χ3n) is 4.59. The van der Waals surface area contributed by atoms with Gasteiger partial charge < -0.3 is 10.4 Å². The molecule has 1 unspecified atom stereocenters. The predicted octanol–water partition coefficient (Wildman–Crippen LogP) is 3.22.